The predicted molar refractivity (Wildman–Crippen MR) is 317 cm³/mol. The van der Waals surface area contributed by atoms with Crippen LogP contribution in [0.25, 0.3) is 0 Å². The van der Waals surface area contributed by atoms with Gasteiger partial charge in [0.25, 0.3) is 5.91 Å². The Morgan fingerprint density at radius 1 is 0.602 bits per heavy atom. The van der Waals surface area contributed by atoms with Crippen molar-refractivity contribution in [3.63, 3.8) is 0 Å². The van der Waals surface area contributed by atoms with Crippen LogP contribution in [0, 0.1) is 17.8 Å². The van der Waals surface area contributed by atoms with E-state index in [-0.39, 0.29) is 56.5 Å². The Kier molecular flexibility index (Phi) is 24.8. The van der Waals surface area contributed by atoms with Crippen molar-refractivity contribution < 1.29 is 90.3 Å². The number of Topliss-reactive ketones (excluding diaryl/α,β-unsaturated/α-hetero) is 2. The van der Waals surface area contributed by atoms with E-state index in [4.69, 9.17) is 23.7 Å². The van der Waals surface area contributed by atoms with Gasteiger partial charge in [-0.1, -0.05) is 62.4 Å². The van der Waals surface area contributed by atoms with Gasteiger partial charge in [0.05, 0.1) is 6.04 Å². The molecule has 2 aromatic rings. The van der Waals surface area contributed by atoms with Crippen molar-refractivity contribution in [2.75, 3.05) is 54.6 Å². The summed E-state index contributed by atoms with van der Waals surface area (Å²) in [5.41, 5.74) is -4.09. The van der Waals surface area contributed by atoms with E-state index in [2.05, 4.69) is 0 Å². The number of alkyl halides is 2. The lowest BCUT2D eigenvalue weighted by atomic mass is 9.89. The summed E-state index contributed by atoms with van der Waals surface area (Å²) in [7, 11) is 4.55. The Morgan fingerprint density at radius 3 is 1.35 bits per heavy atom. The maximum absolute atomic E-state index is 15.9. The summed E-state index contributed by atoms with van der Waals surface area (Å²) in [5, 5.41) is 10.2. The highest BCUT2D eigenvalue weighted by molar-refractivity contribution is 6.18. The third kappa shape index (κ3) is 19.5. The molecule has 2 heterocycles. The number of carbonyl (C=O) groups is 11. The molecule has 2 saturated heterocycles. The van der Waals surface area contributed by atoms with Gasteiger partial charge in [-0.15, -0.1) is 0 Å². The molecule has 7 unspecified atom stereocenters. The molecule has 0 radical (unpaired) electrons. The zero-order chi connectivity index (χ0) is 65.8. The zero-order valence-corrected chi connectivity index (χ0v) is 53.2. The molecular formula is C65H90F2N4O17. The zero-order valence-electron chi connectivity index (χ0n) is 53.2. The van der Waals surface area contributed by atoms with E-state index in [1.165, 1.54) is 14.1 Å². The number of esters is 2. The van der Waals surface area contributed by atoms with Crippen molar-refractivity contribution in [2.45, 2.75) is 198 Å². The van der Waals surface area contributed by atoms with Crippen molar-refractivity contribution >= 4 is 65.9 Å². The van der Waals surface area contributed by atoms with Gasteiger partial charge in [0, 0.05) is 80.3 Å². The van der Waals surface area contributed by atoms with Crippen molar-refractivity contribution in [2.24, 2.45) is 17.8 Å². The van der Waals surface area contributed by atoms with Gasteiger partial charge in [0.2, 0.25) is 17.9 Å². The molecule has 2 aliphatic heterocycles. The number of carboxylic acids is 1. The van der Waals surface area contributed by atoms with Gasteiger partial charge in [-0.3, -0.25) is 28.9 Å². The average Bonchev–Trinajstić information content (AvgIpc) is 1.72. The van der Waals surface area contributed by atoms with Crippen molar-refractivity contribution in [1.29, 1.82) is 0 Å². The predicted octanol–water partition coefficient (Wildman–Crippen LogP) is 7.14. The van der Waals surface area contributed by atoms with Crippen molar-refractivity contribution in [3.8, 4) is 0 Å². The van der Waals surface area contributed by atoms with Gasteiger partial charge in [0.15, 0.2) is 29.5 Å². The van der Waals surface area contributed by atoms with Crippen LogP contribution in [0.1, 0.15) is 154 Å². The van der Waals surface area contributed by atoms with Crippen LogP contribution in [0.5, 0.6) is 0 Å². The Hall–Kier alpha value is -7.01. The van der Waals surface area contributed by atoms with Crippen LogP contribution in [-0.4, -0.2) is 198 Å². The Bertz CT molecular complexity index is 2810. The molecule has 1 saturated carbocycles. The number of aldehydes is 2. The van der Waals surface area contributed by atoms with E-state index >= 15 is 13.6 Å². The number of ketones is 2. The summed E-state index contributed by atoms with van der Waals surface area (Å²) in [6, 6.07) is 8.78. The molecule has 88 heavy (non-hydrogen) atoms. The molecule has 486 valence electrons. The lowest BCUT2D eigenvalue weighted by Gasteiger charge is -2.36. The van der Waals surface area contributed by atoms with Crippen LogP contribution in [0.3, 0.4) is 0 Å². The first kappa shape index (κ1) is 71.7. The van der Waals surface area contributed by atoms with Gasteiger partial charge in [0.1, 0.15) is 47.1 Å². The normalized spacial score (nSPS) is 18.0. The lowest BCUT2D eigenvalue weighted by Crippen LogP contribution is -2.56. The van der Waals surface area contributed by atoms with Crippen LogP contribution in [0.2, 0.25) is 0 Å². The number of amides is 4. The van der Waals surface area contributed by atoms with Crippen LogP contribution < -0.4 is 0 Å². The number of likely N-dealkylation sites (N-methyl/N-ethyl adjacent to an activating group) is 4. The van der Waals surface area contributed by atoms with Gasteiger partial charge < -0.3 is 53.1 Å². The molecule has 4 amide bonds. The van der Waals surface area contributed by atoms with Crippen LogP contribution in [0.4, 0.5) is 13.6 Å². The maximum atomic E-state index is 15.9. The first-order chi connectivity index (χ1) is 41.0. The van der Waals surface area contributed by atoms with Gasteiger partial charge >= 0.3 is 24.0 Å². The molecule has 2 aromatic carbocycles. The molecule has 0 bridgehead atoms. The number of benzene rings is 2. The highest BCUT2D eigenvalue weighted by Crippen LogP contribution is 2.44. The minimum Gasteiger partial charge on any atom is -0.478 e. The molecule has 3 fully saturated rings. The summed E-state index contributed by atoms with van der Waals surface area (Å²) in [5.74, 6) is -14.3. The standard InChI is InChI=1S/C65H90F2N4O17/c1-39(2)32-48(53(74)46(37-72)55(76)69(11)50(36-64(8,9)67)60(82)87-52(58(79)80)34-41-16-20-43(21-17-41)45-24-30-85-31-25-45)68(10)57(78)51(33-40-14-18-42(19-15-40)44-22-28-84-29-23-44)86-59(81)49(35-63(6,7)66)70(12)56(77)47(38-73)54(75)65(26-27-65)71(13)61(83)88-62(3,4)5/h14-21,37-39,44-52H,22-36H2,1-13H3,(H,79,80). The number of ether oxygens (including phenoxy) is 5. The van der Waals surface area contributed by atoms with Gasteiger partial charge in [-0.2, -0.15) is 0 Å². The summed E-state index contributed by atoms with van der Waals surface area (Å²) >= 11 is 0. The molecule has 0 spiro atoms. The fourth-order valence-electron chi connectivity index (χ4n) is 11.2. The Balaban J connectivity index is 1.46. The number of rotatable bonds is 30. The summed E-state index contributed by atoms with van der Waals surface area (Å²) in [6.07, 6.45) is -3.66. The van der Waals surface area contributed by atoms with Crippen molar-refractivity contribution in [1.82, 2.24) is 19.6 Å². The molecule has 3 aliphatic rings. The molecule has 0 aromatic heterocycles. The van der Waals surface area contributed by atoms with E-state index < -0.39 is 137 Å². The summed E-state index contributed by atoms with van der Waals surface area (Å²) in [6.45, 7) is 14.9. The highest BCUT2D eigenvalue weighted by atomic mass is 19.1. The topological polar surface area (TPSA) is 267 Å². The number of nitrogens with zero attached hydrogens (tertiary/aromatic N) is 4. The second-order valence-electron chi connectivity index (χ2n) is 26.3. The number of aliphatic carboxylic acids is 1. The first-order valence-corrected chi connectivity index (χ1v) is 30.1. The highest BCUT2D eigenvalue weighted by Gasteiger charge is 2.59. The number of hydrogen-bond donors (Lipinski definition) is 1. The van der Waals surface area contributed by atoms with Crippen LogP contribution in [-0.2, 0) is 84.5 Å². The third-order valence-electron chi connectivity index (χ3n) is 16.5. The fraction of sp³-hybridized carbons (Fsp3) is 0.646. The summed E-state index contributed by atoms with van der Waals surface area (Å²) in [4.78, 5) is 157. The van der Waals surface area contributed by atoms with Crippen molar-refractivity contribution in [3.05, 3.63) is 70.8 Å². The van der Waals surface area contributed by atoms with E-state index in [1.54, 1.807) is 58.9 Å². The van der Waals surface area contributed by atoms with E-state index in [0.29, 0.717) is 47.4 Å². The molecular weight excluding hydrogens is 1150 g/mol. The number of halogens is 2. The summed E-state index contributed by atoms with van der Waals surface area (Å²) < 4.78 is 59.5. The number of hydrogen-bond acceptors (Lipinski definition) is 16. The molecule has 23 heteroatoms. The van der Waals surface area contributed by atoms with Crippen LogP contribution in [0.15, 0.2) is 48.5 Å². The monoisotopic (exact) mass is 1240 g/mol. The first-order valence-electron chi connectivity index (χ1n) is 30.1. The minimum absolute atomic E-state index is 0.00544. The Labute approximate surface area is 514 Å². The second kappa shape index (κ2) is 30.5. The molecule has 21 nitrogen and oxygen atoms in total. The smallest absolute Gasteiger partial charge is 0.410 e. The number of carbonyl (C=O) groups excluding carboxylic acids is 10. The fourth-order valence-corrected chi connectivity index (χ4v) is 11.2. The minimum atomic E-state index is -2.26. The molecule has 5 rings (SSSR count). The number of carboxylic acid groups (broad SMARTS) is 1. The quantitative estimate of drug-likeness (QED) is 0.0352. The molecule has 1 N–H and O–H groups in total. The average molecular weight is 1240 g/mol. The maximum Gasteiger partial charge on any atom is 0.410 e. The van der Waals surface area contributed by atoms with Crippen LogP contribution >= 0.6 is 0 Å². The van der Waals surface area contributed by atoms with Gasteiger partial charge in [-0.05, 0) is 133 Å². The van der Waals surface area contributed by atoms with E-state index in [1.807, 2.05) is 24.3 Å². The molecule has 1 aliphatic carbocycles. The largest absolute Gasteiger partial charge is 0.478 e. The lowest BCUT2D eigenvalue weighted by molar-refractivity contribution is -0.171. The second-order valence-corrected chi connectivity index (χ2v) is 26.3. The van der Waals surface area contributed by atoms with Gasteiger partial charge in [-0.25, -0.2) is 28.0 Å². The SMILES string of the molecule is CC(C)CC(C(=O)C(C=O)C(=O)N(C)C(CC(C)(C)F)C(=O)OC(Cc1ccc(C2CCOCC2)cc1)C(=O)O)N(C)C(=O)C(Cc1ccc(C2CCOCC2)cc1)OC(=O)C(CC(C)(C)F)N(C)C(=O)C(C=O)C(=O)C1(N(C)C(=O)OC(C)(C)C)CC1. The Morgan fingerprint density at radius 2 is 0.989 bits per heavy atom. The van der Waals surface area contributed by atoms with E-state index in [9.17, 15) is 53.1 Å². The van der Waals surface area contributed by atoms with E-state index in [0.717, 1.165) is 88.4 Å². The molecule has 7 atom stereocenters. The third-order valence-corrected chi connectivity index (χ3v) is 16.5.